The highest BCUT2D eigenvalue weighted by atomic mass is 16.5. The van der Waals surface area contributed by atoms with E-state index in [4.69, 9.17) is 4.74 Å². The molecule has 156 valence electrons. The van der Waals surface area contributed by atoms with Crippen molar-refractivity contribution in [2.75, 3.05) is 52.9 Å². The van der Waals surface area contributed by atoms with Crippen LogP contribution in [0.2, 0.25) is 0 Å². The minimum absolute atomic E-state index is 0.268. The van der Waals surface area contributed by atoms with Crippen molar-refractivity contribution >= 4 is 5.96 Å². The molecule has 3 aliphatic heterocycles. The van der Waals surface area contributed by atoms with Crippen molar-refractivity contribution in [3.63, 3.8) is 0 Å². The zero-order valence-electron chi connectivity index (χ0n) is 17.8. The number of nitrogens with zero attached hydrogens (tertiary/aromatic N) is 3. The van der Waals surface area contributed by atoms with Gasteiger partial charge in [0.25, 0.3) is 0 Å². The topological polar surface area (TPSA) is 52.1 Å². The second-order valence-corrected chi connectivity index (χ2v) is 8.84. The first kappa shape index (κ1) is 20.9. The van der Waals surface area contributed by atoms with Crippen LogP contribution in [0.3, 0.4) is 0 Å². The predicted molar refractivity (Wildman–Crippen MR) is 112 cm³/mol. The van der Waals surface area contributed by atoms with E-state index < -0.39 is 0 Å². The molecule has 3 rings (SSSR count). The fourth-order valence-electron chi connectivity index (χ4n) is 4.85. The van der Waals surface area contributed by atoms with Gasteiger partial charge in [0.2, 0.25) is 0 Å². The van der Waals surface area contributed by atoms with Crippen molar-refractivity contribution in [2.24, 2.45) is 10.9 Å². The van der Waals surface area contributed by atoms with Gasteiger partial charge in [-0.2, -0.15) is 0 Å². The van der Waals surface area contributed by atoms with Crippen molar-refractivity contribution in [3.05, 3.63) is 0 Å². The standard InChI is InChI=1S/C21H41N5O/c1-17(2)20(25-10-6-4-5-7-11-25)14-24-21(22-3)23-13-19-15-26-12-8-9-18(26)16-27-19/h17-20H,4-16H2,1-3H3,(H2,22,23,24). The highest BCUT2D eigenvalue weighted by molar-refractivity contribution is 5.79. The van der Waals surface area contributed by atoms with Crippen molar-refractivity contribution in [2.45, 2.75) is 70.6 Å². The molecule has 0 aromatic heterocycles. The monoisotopic (exact) mass is 379 g/mol. The lowest BCUT2D eigenvalue weighted by atomic mass is 10.0. The van der Waals surface area contributed by atoms with Crippen LogP contribution in [-0.2, 0) is 4.74 Å². The van der Waals surface area contributed by atoms with E-state index in [9.17, 15) is 0 Å². The van der Waals surface area contributed by atoms with Gasteiger partial charge in [-0.3, -0.25) is 14.8 Å². The van der Waals surface area contributed by atoms with Gasteiger partial charge in [-0.05, 0) is 51.2 Å². The SMILES string of the molecule is CN=C(NCC1CN2CCCC2CO1)NCC(C(C)C)N1CCCCCC1. The first-order valence-electron chi connectivity index (χ1n) is 11.2. The van der Waals surface area contributed by atoms with Gasteiger partial charge in [-0.1, -0.05) is 26.7 Å². The van der Waals surface area contributed by atoms with E-state index in [0.29, 0.717) is 18.0 Å². The van der Waals surface area contributed by atoms with E-state index in [1.54, 1.807) is 0 Å². The number of ether oxygens (including phenoxy) is 1. The first-order chi connectivity index (χ1) is 13.2. The molecule has 0 radical (unpaired) electrons. The van der Waals surface area contributed by atoms with Crippen molar-refractivity contribution in [1.82, 2.24) is 20.4 Å². The maximum absolute atomic E-state index is 6.06. The molecule has 3 fully saturated rings. The third-order valence-electron chi connectivity index (χ3n) is 6.54. The van der Waals surface area contributed by atoms with E-state index in [-0.39, 0.29) is 6.10 Å². The van der Waals surface area contributed by atoms with Crippen LogP contribution in [0.1, 0.15) is 52.4 Å². The van der Waals surface area contributed by atoms with Crippen molar-refractivity contribution in [1.29, 1.82) is 0 Å². The van der Waals surface area contributed by atoms with Gasteiger partial charge in [0.15, 0.2) is 5.96 Å². The Morgan fingerprint density at radius 3 is 2.56 bits per heavy atom. The quantitative estimate of drug-likeness (QED) is 0.545. The van der Waals surface area contributed by atoms with E-state index in [1.807, 2.05) is 7.05 Å². The summed E-state index contributed by atoms with van der Waals surface area (Å²) in [6, 6.07) is 1.23. The number of hydrogen-bond acceptors (Lipinski definition) is 4. The Balaban J connectivity index is 1.43. The summed E-state index contributed by atoms with van der Waals surface area (Å²) >= 11 is 0. The first-order valence-corrected chi connectivity index (χ1v) is 11.2. The fourth-order valence-corrected chi connectivity index (χ4v) is 4.85. The van der Waals surface area contributed by atoms with Gasteiger partial charge in [0, 0.05) is 38.8 Å². The normalized spacial score (nSPS) is 29.4. The zero-order valence-corrected chi connectivity index (χ0v) is 17.8. The summed E-state index contributed by atoms with van der Waals surface area (Å²) in [7, 11) is 1.86. The summed E-state index contributed by atoms with van der Waals surface area (Å²) in [5, 5.41) is 7.08. The highest BCUT2D eigenvalue weighted by Gasteiger charge is 2.32. The Morgan fingerprint density at radius 2 is 1.85 bits per heavy atom. The van der Waals surface area contributed by atoms with Crippen LogP contribution in [0.15, 0.2) is 4.99 Å². The molecular formula is C21H41N5O. The van der Waals surface area contributed by atoms with Crippen LogP contribution in [-0.4, -0.2) is 86.9 Å². The summed E-state index contributed by atoms with van der Waals surface area (Å²) in [4.78, 5) is 9.73. The van der Waals surface area contributed by atoms with Crippen LogP contribution < -0.4 is 10.6 Å². The molecule has 3 aliphatic rings. The van der Waals surface area contributed by atoms with Gasteiger partial charge in [0.05, 0.1) is 12.7 Å². The zero-order chi connectivity index (χ0) is 19.1. The minimum atomic E-state index is 0.268. The lowest BCUT2D eigenvalue weighted by Crippen LogP contribution is -2.53. The van der Waals surface area contributed by atoms with Gasteiger partial charge >= 0.3 is 0 Å². The highest BCUT2D eigenvalue weighted by Crippen LogP contribution is 2.22. The molecule has 0 spiro atoms. The van der Waals surface area contributed by atoms with Crippen LogP contribution in [0.4, 0.5) is 0 Å². The molecule has 2 N–H and O–H groups in total. The van der Waals surface area contributed by atoms with Crippen molar-refractivity contribution < 1.29 is 4.74 Å². The molecule has 3 atom stereocenters. The Morgan fingerprint density at radius 1 is 1.07 bits per heavy atom. The number of hydrogen-bond donors (Lipinski definition) is 2. The van der Waals surface area contributed by atoms with Gasteiger partial charge in [-0.25, -0.2) is 0 Å². The number of likely N-dealkylation sites (tertiary alicyclic amines) is 1. The van der Waals surface area contributed by atoms with Crippen LogP contribution in [0.5, 0.6) is 0 Å². The third-order valence-corrected chi connectivity index (χ3v) is 6.54. The van der Waals surface area contributed by atoms with Crippen LogP contribution in [0, 0.1) is 5.92 Å². The van der Waals surface area contributed by atoms with E-state index in [2.05, 4.69) is 39.3 Å². The number of rotatable bonds is 6. The maximum Gasteiger partial charge on any atom is 0.191 e. The predicted octanol–water partition coefficient (Wildman–Crippen LogP) is 1.92. The Bertz CT molecular complexity index is 461. The van der Waals surface area contributed by atoms with Gasteiger partial charge < -0.3 is 15.4 Å². The lowest BCUT2D eigenvalue weighted by Gasteiger charge is -2.36. The fraction of sp³-hybridized carbons (Fsp3) is 0.952. The number of aliphatic imine (C=N–C) groups is 1. The third kappa shape index (κ3) is 6.06. The largest absolute Gasteiger partial charge is 0.373 e. The second kappa shape index (κ2) is 10.6. The van der Waals surface area contributed by atoms with Crippen LogP contribution in [0.25, 0.3) is 0 Å². The lowest BCUT2D eigenvalue weighted by molar-refractivity contribution is -0.0453. The van der Waals surface area contributed by atoms with Gasteiger partial charge in [0.1, 0.15) is 0 Å². The molecule has 27 heavy (non-hydrogen) atoms. The average Bonchev–Trinajstić information content (AvgIpc) is 2.97. The molecule has 3 saturated heterocycles. The molecule has 6 nitrogen and oxygen atoms in total. The summed E-state index contributed by atoms with van der Waals surface area (Å²) in [5.74, 6) is 1.55. The molecule has 0 amide bonds. The molecule has 0 aliphatic carbocycles. The van der Waals surface area contributed by atoms with Crippen molar-refractivity contribution in [3.8, 4) is 0 Å². The average molecular weight is 380 g/mol. The molecule has 0 bridgehead atoms. The molecule has 6 heteroatoms. The summed E-state index contributed by atoms with van der Waals surface area (Å²) in [6.07, 6.45) is 8.35. The molecule has 0 aromatic rings. The minimum Gasteiger partial charge on any atom is -0.373 e. The summed E-state index contributed by atoms with van der Waals surface area (Å²) in [6.45, 7) is 12.1. The molecular weight excluding hydrogens is 338 g/mol. The van der Waals surface area contributed by atoms with E-state index >= 15 is 0 Å². The summed E-state index contributed by atoms with van der Waals surface area (Å²) < 4.78 is 6.06. The smallest absolute Gasteiger partial charge is 0.191 e. The molecule has 0 saturated carbocycles. The maximum atomic E-state index is 6.06. The second-order valence-electron chi connectivity index (χ2n) is 8.84. The molecule has 3 heterocycles. The number of fused-ring (bicyclic) bond motifs is 1. The molecule has 3 unspecified atom stereocenters. The van der Waals surface area contributed by atoms with Gasteiger partial charge in [-0.15, -0.1) is 0 Å². The Hall–Kier alpha value is -0.850. The number of guanidine groups is 1. The Labute approximate surface area is 166 Å². The molecule has 0 aromatic carbocycles. The number of nitrogens with one attached hydrogen (secondary N) is 2. The Kier molecular flexibility index (Phi) is 8.22. The summed E-state index contributed by atoms with van der Waals surface area (Å²) in [5.41, 5.74) is 0. The number of morpholine rings is 1. The van der Waals surface area contributed by atoms with E-state index in [0.717, 1.165) is 32.2 Å². The van der Waals surface area contributed by atoms with E-state index in [1.165, 1.54) is 58.2 Å². The van der Waals surface area contributed by atoms with Crippen LogP contribution >= 0.6 is 0 Å².